The van der Waals surface area contributed by atoms with Gasteiger partial charge in [-0.1, -0.05) is 17.7 Å². The summed E-state index contributed by atoms with van der Waals surface area (Å²) in [7, 11) is -0.453. The predicted octanol–water partition coefficient (Wildman–Crippen LogP) is 2.23. The van der Waals surface area contributed by atoms with Gasteiger partial charge in [-0.05, 0) is 24.3 Å². The van der Waals surface area contributed by atoms with E-state index in [2.05, 4.69) is 4.98 Å². The largest absolute Gasteiger partial charge is 0.369 e. The van der Waals surface area contributed by atoms with Gasteiger partial charge in [0.1, 0.15) is 11.8 Å². The smallest absolute Gasteiger partial charge is 0.281 e. The fourth-order valence-electron chi connectivity index (χ4n) is 3.16. The highest BCUT2D eigenvalue weighted by Gasteiger charge is 2.32. The lowest BCUT2D eigenvalue weighted by Gasteiger charge is -2.33. The number of imidazole rings is 1. The van der Waals surface area contributed by atoms with E-state index in [0.717, 1.165) is 11.3 Å². The van der Waals surface area contributed by atoms with E-state index in [1.807, 2.05) is 28.7 Å². The average Bonchev–Trinajstić information content (AvgIpc) is 3.11. The van der Waals surface area contributed by atoms with Gasteiger partial charge in [-0.3, -0.25) is 4.40 Å². The SMILES string of the molecule is CN(C)S(=O)(=O)N1CCOC(c2cccc(-c3cnc4ccc(Cl)cn34)n2)C1. The van der Waals surface area contributed by atoms with Crippen molar-refractivity contribution >= 4 is 27.5 Å². The number of halogens is 1. The third-order valence-corrected chi connectivity index (χ3v) is 6.78. The summed E-state index contributed by atoms with van der Waals surface area (Å²) in [5.74, 6) is 0. The quantitative estimate of drug-likeness (QED) is 0.645. The zero-order valence-electron chi connectivity index (χ0n) is 15.5. The van der Waals surface area contributed by atoms with Crippen LogP contribution in [0.3, 0.4) is 0 Å². The molecule has 4 rings (SSSR count). The molecule has 3 aromatic rings. The number of ether oxygens (including phenoxy) is 1. The Morgan fingerprint density at radius 3 is 2.86 bits per heavy atom. The minimum absolute atomic E-state index is 0.218. The molecular weight excluding hydrogens is 402 g/mol. The van der Waals surface area contributed by atoms with Gasteiger partial charge in [0.15, 0.2) is 0 Å². The van der Waals surface area contributed by atoms with Crippen LogP contribution in [-0.4, -0.2) is 65.2 Å². The number of hydrogen-bond acceptors (Lipinski definition) is 5. The van der Waals surface area contributed by atoms with E-state index in [9.17, 15) is 8.42 Å². The fraction of sp³-hybridized carbons (Fsp3) is 0.333. The third-order valence-electron chi connectivity index (χ3n) is 4.65. The predicted molar refractivity (Wildman–Crippen MR) is 106 cm³/mol. The molecule has 1 unspecified atom stereocenters. The molecule has 0 spiro atoms. The highest BCUT2D eigenvalue weighted by Crippen LogP contribution is 2.26. The number of pyridine rings is 2. The number of morpholine rings is 1. The molecule has 8 nitrogen and oxygen atoms in total. The van der Waals surface area contributed by atoms with E-state index in [1.165, 1.54) is 22.7 Å². The molecule has 1 atom stereocenters. The molecule has 0 N–H and O–H groups in total. The highest BCUT2D eigenvalue weighted by molar-refractivity contribution is 7.86. The highest BCUT2D eigenvalue weighted by atomic mass is 35.5. The summed E-state index contributed by atoms with van der Waals surface area (Å²) in [6.07, 6.45) is 3.09. The summed E-state index contributed by atoms with van der Waals surface area (Å²) in [5.41, 5.74) is 2.95. The van der Waals surface area contributed by atoms with Crippen LogP contribution in [-0.2, 0) is 14.9 Å². The molecule has 0 amide bonds. The third kappa shape index (κ3) is 3.51. The molecule has 1 aliphatic rings. The van der Waals surface area contributed by atoms with Crippen LogP contribution in [0.25, 0.3) is 17.0 Å². The second-order valence-corrected chi connectivity index (χ2v) is 9.25. The molecule has 0 bridgehead atoms. The van der Waals surface area contributed by atoms with Crippen LogP contribution in [0.2, 0.25) is 5.02 Å². The van der Waals surface area contributed by atoms with Crippen LogP contribution in [0, 0.1) is 0 Å². The number of rotatable bonds is 4. The molecule has 4 heterocycles. The molecule has 148 valence electrons. The van der Waals surface area contributed by atoms with Crippen molar-refractivity contribution in [3.8, 4) is 11.4 Å². The summed E-state index contributed by atoms with van der Waals surface area (Å²) in [6, 6.07) is 9.22. The molecule has 0 saturated carbocycles. The monoisotopic (exact) mass is 421 g/mol. The summed E-state index contributed by atoms with van der Waals surface area (Å²) in [4.78, 5) is 9.10. The van der Waals surface area contributed by atoms with Crippen molar-refractivity contribution < 1.29 is 13.2 Å². The van der Waals surface area contributed by atoms with Gasteiger partial charge in [0.05, 0.1) is 34.9 Å². The Morgan fingerprint density at radius 1 is 1.25 bits per heavy atom. The topological polar surface area (TPSA) is 80.0 Å². The molecule has 0 aliphatic carbocycles. The Labute approximate surface area is 168 Å². The normalized spacial score (nSPS) is 18.8. The molecule has 3 aromatic heterocycles. The first-order valence-corrected chi connectivity index (χ1v) is 10.5. The summed E-state index contributed by atoms with van der Waals surface area (Å²) in [6.45, 7) is 0.854. The molecule has 10 heteroatoms. The maximum atomic E-state index is 12.4. The van der Waals surface area contributed by atoms with E-state index in [4.69, 9.17) is 21.3 Å². The first-order valence-electron chi connectivity index (χ1n) is 8.75. The molecule has 28 heavy (non-hydrogen) atoms. The first kappa shape index (κ1) is 19.3. The van der Waals surface area contributed by atoms with Crippen LogP contribution in [0.15, 0.2) is 42.7 Å². The second-order valence-electron chi connectivity index (χ2n) is 6.67. The maximum absolute atomic E-state index is 12.4. The van der Waals surface area contributed by atoms with Crippen LogP contribution in [0.4, 0.5) is 0 Å². The molecular formula is C18H20ClN5O3S. The first-order chi connectivity index (χ1) is 13.4. The Hall–Kier alpha value is -2.04. The van der Waals surface area contributed by atoms with E-state index >= 15 is 0 Å². The van der Waals surface area contributed by atoms with Gasteiger partial charge in [0.2, 0.25) is 0 Å². The van der Waals surface area contributed by atoms with E-state index in [1.54, 1.807) is 18.5 Å². The van der Waals surface area contributed by atoms with Crippen molar-refractivity contribution in [1.82, 2.24) is 23.0 Å². The minimum atomic E-state index is -3.50. The van der Waals surface area contributed by atoms with Crippen molar-refractivity contribution in [1.29, 1.82) is 0 Å². The average molecular weight is 422 g/mol. The number of fused-ring (bicyclic) bond motifs is 1. The van der Waals surface area contributed by atoms with Gasteiger partial charge in [0, 0.05) is 33.4 Å². The van der Waals surface area contributed by atoms with Gasteiger partial charge >= 0.3 is 0 Å². The molecule has 0 aromatic carbocycles. The number of nitrogens with zero attached hydrogens (tertiary/aromatic N) is 5. The van der Waals surface area contributed by atoms with Gasteiger partial charge < -0.3 is 4.74 Å². The van der Waals surface area contributed by atoms with E-state index < -0.39 is 16.3 Å². The number of aromatic nitrogens is 3. The summed E-state index contributed by atoms with van der Waals surface area (Å²) < 4.78 is 35.2. The van der Waals surface area contributed by atoms with E-state index in [-0.39, 0.29) is 6.54 Å². The van der Waals surface area contributed by atoms with Crippen molar-refractivity contribution in [3.05, 3.63) is 53.4 Å². The Bertz CT molecular complexity index is 1120. The zero-order chi connectivity index (χ0) is 19.9. The summed E-state index contributed by atoms with van der Waals surface area (Å²) in [5, 5.41) is 0.600. The minimum Gasteiger partial charge on any atom is -0.369 e. The van der Waals surface area contributed by atoms with Crippen LogP contribution in [0.5, 0.6) is 0 Å². The zero-order valence-corrected chi connectivity index (χ0v) is 17.1. The standard InChI is InChI=1S/C18H20ClN5O3S/c1-22(2)28(25,26)23-8-9-27-17(12-23)15-5-3-4-14(21-15)16-10-20-18-7-6-13(19)11-24(16)18/h3-7,10-11,17H,8-9,12H2,1-2H3. The maximum Gasteiger partial charge on any atom is 0.281 e. The lowest BCUT2D eigenvalue weighted by atomic mass is 10.2. The molecule has 1 fully saturated rings. The Kier molecular flexibility index (Phi) is 5.11. The second kappa shape index (κ2) is 7.41. The molecule has 1 saturated heterocycles. The van der Waals surface area contributed by atoms with Crippen LogP contribution >= 0.6 is 11.6 Å². The summed E-state index contributed by atoms with van der Waals surface area (Å²) >= 11 is 6.12. The van der Waals surface area contributed by atoms with Crippen molar-refractivity contribution in [2.24, 2.45) is 0 Å². The lowest BCUT2D eigenvalue weighted by molar-refractivity contribution is -0.00617. The van der Waals surface area contributed by atoms with Crippen molar-refractivity contribution in [2.45, 2.75) is 6.10 Å². The van der Waals surface area contributed by atoms with Crippen LogP contribution in [0.1, 0.15) is 11.8 Å². The Balaban J connectivity index is 1.66. The molecule has 1 aliphatic heterocycles. The van der Waals surface area contributed by atoms with Crippen molar-refractivity contribution in [2.75, 3.05) is 33.8 Å². The number of hydrogen-bond donors (Lipinski definition) is 0. The van der Waals surface area contributed by atoms with Gasteiger partial charge in [-0.2, -0.15) is 17.0 Å². The lowest BCUT2D eigenvalue weighted by Crippen LogP contribution is -2.47. The van der Waals surface area contributed by atoms with E-state index in [0.29, 0.717) is 29.6 Å². The van der Waals surface area contributed by atoms with Crippen LogP contribution < -0.4 is 0 Å². The van der Waals surface area contributed by atoms with Crippen molar-refractivity contribution in [3.63, 3.8) is 0 Å². The Morgan fingerprint density at radius 2 is 2.07 bits per heavy atom. The fourth-order valence-corrected chi connectivity index (χ4v) is 4.41. The van der Waals surface area contributed by atoms with Gasteiger partial charge in [-0.15, -0.1) is 0 Å². The van der Waals surface area contributed by atoms with Gasteiger partial charge in [0.25, 0.3) is 10.2 Å². The molecule has 0 radical (unpaired) electrons. The van der Waals surface area contributed by atoms with Gasteiger partial charge in [-0.25, -0.2) is 9.97 Å².